The minimum absolute atomic E-state index is 0.0630. The van der Waals surface area contributed by atoms with E-state index >= 15 is 0 Å². The van der Waals surface area contributed by atoms with Crippen LogP contribution in [0, 0.1) is 11.8 Å². The molecule has 2 amide bonds. The summed E-state index contributed by atoms with van der Waals surface area (Å²) in [5.41, 5.74) is 3.03. The number of sulfonamides is 1. The number of carbonyl (C=O) groups excluding carboxylic acids is 2. The first-order valence-electron chi connectivity index (χ1n) is 12.2. The molecular weight excluding hydrogens is 490 g/mol. The maximum absolute atomic E-state index is 12.9. The molecule has 0 aromatic heterocycles. The van der Waals surface area contributed by atoms with Crippen molar-refractivity contribution in [1.29, 1.82) is 0 Å². The van der Waals surface area contributed by atoms with E-state index in [-0.39, 0.29) is 28.5 Å². The second-order valence-corrected chi connectivity index (χ2v) is 10.7. The number of methoxy groups -OCH3 is 1. The number of ether oxygens (including phenoxy) is 1. The van der Waals surface area contributed by atoms with E-state index in [0.29, 0.717) is 37.1 Å². The van der Waals surface area contributed by atoms with Crippen LogP contribution in [0.15, 0.2) is 77.7 Å². The summed E-state index contributed by atoms with van der Waals surface area (Å²) in [6.07, 6.45) is 2.18. The number of amides is 2. The Morgan fingerprint density at radius 3 is 2.11 bits per heavy atom. The van der Waals surface area contributed by atoms with Crippen LogP contribution in [0.5, 0.6) is 5.75 Å². The zero-order valence-electron chi connectivity index (χ0n) is 20.6. The van der Waals surface area contributed by atoms with Crippen LogP contribution in [0.1, 0.15) is 30.4 Å². The quantitative estimate of drug-likeness (QED) is 0.398. The summed E-state index contributed by atoms with van der Waals surface area (Å²) >= 11 is 0. The normalized spacial score (nSPS) is 17.2. The van der Waals surface area contributed by atoms with Crippen molar-refractivity contribution in [3.63, 3.8) is 0 Å². The minimum Gasteiger partial charge on any atom is -0.497 e. The fraction of sp³-hybridized carbons (Fsp3) is 0.286. The van der Waals surface area contributed by atoms with E-state index in [0.717, 1.165) is 23.3 Å². The van der Waals surface area contributed by atoms with Crippen molar-refractivity contribution in [2.45, 2.75) is 37.2 Å². The molecule has 0 unspecified atom stereocenters. The first kappa shape index (κ1) is 26.4. The van der Waals surface area contributed by atoms with Gasteiger partial charge in [-0.15, -0.1) is 0 Å². The number of nitrogens with two attached hydrogens (primary N) is 1. The van der Waals surface area contributed by atoms with Gasteiger partial charge in [0, 0.05) is 30.5 Å². The molecule has 194 valence electrons. The summed E-state index contributed by atoms with van der Waals surface area (Å²) in [4.78, 5) is 25.9. The third kappa shape index (κ3) is 6.55. The van der Waals surface area contributed by atoms with Crippen LogP contribution in [-0.4, -0.2) is 27.3 Å². The average Bonchev–Trinajstić information content (AvgIpc) is 3.41. The van der Waals surface area contributed by atoms with Gasteiger partial charge in [0.05, 0.1) is 12.0 Å². The lowest BCUT2D eigenvalue weighted by Crippen LogP contribution is -2.39. The van der Waals surface area contributed by atoms with E-state index in [1.165, 1.54) is 6.07 Å². The van der Waals surface area contributed by atoms with Crippen molar-refractivity contribution in [1.82, 2.24) is 10.6 Å². The number of carbonyl (C=O) groups is 2. The molecule has 0 heterocycles. The van der Waals surface area contributed by atoms with Crippen molar-refractivity contribution in [2.24, 2.45) is 17.0 Å². The number of primary sulfonamides is 1. The highest BCUT2D eigenvalue weighted by Crippen LogP contribution is 2.32. The summed E-state index contributed by atoms with van der Waals surface area (Å²) < 4.78 is 29.0. The number of hydrogen-bond donors (Lipinski definition) is 3. The van der Waals surface area contributed by atoms with Gasteiger partial charge in [0.25, 0.3) is 0 Å². The lowest BCUT2D eigenvalue weighted by Gasteiger charge is -2.19. The van der Waals surface area contributed by atoms with Crippen LogP contribution in [-0.2, 0) is 32.7 Å². The molecule has 1 aliphatic carbocycles. The monoisotopic (exact) mass is 521 g/mol. The molecule has 1 saturated carbocycles. The minimum atomic E-state index is -3.85. The molecule has 0 radical (unpaired) electrons. The van der Waals surface area contributed by atoms with Gasteiger partial charge < -0.3 is 15.4 Å². The zero-order chi connectivity index (χ0) is 26.4. The number of benzene rings is 3. The van der Waals surface area contributed by atoms with Crippen molar-refractivity contribution in [3.8, 4) is 16.9 Å². The van der Waals surface area contributed by atoms with E-state index in [4.69, 9.17) is 9.88 Å². The summed E-state index contributed by atoms with van der Waals surface area (Å²) in [5.74, 6) is -0.249. The summed E-state index contributed by atoms with van der Waals surface area (Å²) in [5, 5.41) is 11.3. The van der Waals surface area contributed by atoms with Crippen LogP contribution >= 0.6 is 0 Å². The fourth-order valence-electron chi connectivity index (χ4n) is 4.77. The predicted molar refractivity (Wildman–Crippen MR) is 141 cm³/mol. The molecule has 0 aliphatic heterocycles. The van der Waals surface area contributed by atoms with Crippen LogP contribution in [0.3, 0.4) is 0 Å². The molecule has 1 aliphatic rings. The molecule has 3 aromatic carbocycles. The third-order valence-corrected chi connectivity index (χ3v) is 7.68. The topological polar surface area (TPSA) is 128 Å². The summed E-state index contributed by atoms with van der Waals surface area (Å²) in [7, 11) is -2.26. The van der Waals surface area contributed by atoms with Crippen LogP contribution in [0.25, 0.3) is 11.1 Å². The Bertz CT molecular complexity index is 1370. The predicted octanol–water partition coefficient (Wildman–Crippen LogP) is 3.36. The van der Waals surface area contributed by atoms with Gasteiger partial charge in [-0.3, -0.25) is 9.59 Å². The van der Waals surface area contributed by atoms with Gasteiger partial charge >= 0.3 is 0 Å². The highest BCUT2D eigenvalue weighted by Gasteiger charge is 2.37. The highest BCUT2D eigenvalue weighted by atomic mass is 32.2. The Kier molecular flexibility index (Phi) is 8.25. The van der Waals surface area contributed by atoms with Gasteiger partial charge in [0.1, 0.15) is 5.75 Å². The smallest absolute Gasteiger partial charge is 0.238 e. The summed E-state index contributed by atoms with van der Waals surface area (Å²) in [6, 6.07) is 21.3. The Labute approximate surface area is 217 Å². The van der Waals surface area contributed by atoms with Crippen LogP contribution in [0.4, 0.5) is 0 Å². The van der Waals surface area contributed by atoms with Crippen molar-refractivity contribution in [3.05, 3.63) is 83.9 Å². The highest BCUT2D eigenvalue weighted by molar-refractivity contribution is 7.89. The van der Waals surface area contributed by atoms with E-state index in [9.17, 15) is 18.0 Å². The van der Waals surface area contributed by atoms with E-state index in [1.54, 1.807) is 37.4 Å². The van der Waals surface area contributed by atoms with Crippen molar-refractivity contribution >= 4 is 21.8 Å². The lowest BCUT2D eigenvalue weighted by molar-refractivity contribution is -0.133. The van der Waals surface area contributed by atoms with E-state index in [1.807, 2.05) is 36.4 Å². The Morgan fingerprint density at radius 2 is 1.49 bits per heavy atom. The maximum atomic E-state index is 12.9. The molecule has 1 fully saturated rings. The first-order valence-corrected chi connectivity index (χ1v) is 13.7. The SMILES string of the molecule is COc1cccc(CNC(=O)[C@@H]2CCC[C@H]2C(=O)NCc2ccc(-c3ccccc3S(N)(=O)=O)cc2)c1. The van der Waals surface area contributed by atoms with Gasteiger partial charge in [-0.05, 0) is 47.7 Å². The van der Waals surface area contributed by atoms with Crippen LogP contribution < -0.4 is 20.5 Å². The lowest BCUT2D eigenvalue weighted by atomic mass is 9.94. The van der Waals surface area contributed by atoms with Gasteiger partial charge in [-0.2, -0.15) is 0 Å². The molecule has 8 nitrogen and oxygen atoms in total. The molecule has 3 aromatic rings. The molecule has 9 heteroatoms. The number of hydrogen-bond acceptors (Lipinski definition) is 5. The fourth-order valence-corrected chi connectivity index (χ4v) is 5.53. The molecule has 4 N–H and O–H groups in total. The van der Waals surface area contributed by atoms with Gasteiger partial charge in [-0.1, -0.05) is 61.0 Å². The van der Waals surface area contributed by atoms with Crippen molar-refractivity contribution in [2.75, 3.05) is 7.11 Å². The Morgan fingerprint density at radius 1 is 0.865 bits per heavy atom. The number of rotatable bonds is 9. The van der Waals surface area contributed by atoms with Gasteiger partial charge in [0.2, 0.25) is 21.8 Å². The first-order chi connectivity index (χ1) is 17.8. The van der Waals surface area contributed by atoms with E-state index in [2.05, 4.69) is 10.6 Å². The second kappa shape index (κ2) is 11.6. The van der Waals surface area contributed by atoms with E-state index < -0.39 is 10.0 Å². The molecule has 0 spiro atoms. The maximum Gasteiger partial charge on any atom is 0.238 e. The molecule has 4 rings (SSSR count). The van der Waals surface area contributed by atoms with Crippen molar-refractivity contribution < 1.29 is 22.7 Å². The van der Waals surface area contributed by atoms with Gasteiger partial charge in [-0.25, -0.2) is 13.6 Å². The summed E-state index contributed by atoms with van der Waals surface area (Å²) in [6.45, 7) is 0.687. The molecule has 2 atom stereocenters. The average molecular weight is 522 g/mol. The third-order valence-electron chi connectivity index (χ3n) is 6.72. The van der Waals surface area contributed by atoms with Crippen LogP contribution in [0.2, 0.25) is 0 Å². The zero-order valence-corrected chi connectivity index (χ0v) is 21.5. The largest absolute Gasteiger partial charge is 0.497 e. The Hall–Kier alpha value is -3.69. The standard InChI is InChI=1S/C28H31N3O5S/c1-36-22-7-4-6-20(16-22)18-31-28(33)25-10-5-9-24(25)27(32)30-17-19-12-14-21(15-13-19)23-8-2-3-11-26(23)37(29,34)35/h2-4,6-8,11-16,24-25H,5,9-10,17-18H2,1H3,(H,30,32)(H,31,33)(H2,29,34,35)/t24-,25-/m1/s1. The molecule has 37 heavy (non-hydrogen) atoms. The molecule has 0 bridgehead atoms. The Balaban J connectivity index is 1.34. The molecule has 0 saturated heterocycles. The van der Waals surface area contributed by atoms with Gasteiger partial charge in [0.15, 0.2) is 0 Å². The number of nitrogens with one attached hydrogen (secondary N) is 2. The second-order valence-electron chi connectivity index (χ2n) is 9.17. The molecular formula is C28H31N3O5S.